The number of likely N-dealkylation sites (tertiary alicyclic amines) is 1. The largest absolute Gasteiger partial charge is 0.334 e. The van der Waals surface area contributed by atoms with E-state index in [2.05, 4.69) is 17.8 Å². The van der Waals surface area contributed by atoms with Gasteiger partial charge in [0.05, 0.1) is 6.04 Å². The van der Waals surface area contributed by atoms with Crippen LogP contribution in [0.4, 0.5) is 0 Å². The van der Waals surface area contributed by atoms with Crippen LogP contribution in [0.1, 0.15) is 31.4 Å². The van der Waals surface area contributed by atoms with E-state index in [1.165, 1.54) is 0 Å². The first-order valence-corrected chi connectivity index (χ1v) is 5.91. The van der Waals surface area contributed by atoms with Gasteiger partial charge >= 0.3 is 0 Å². The molecule has 0 aliphatic carbocycles. The summed E-state index contributed by atoms with van der Waals surface area (Å²) in [7, 11) is 0. The van der Waals surface area contributed by atoms with Crippen molar-refractivity contribution in [2.24, 2.45) is 5.92 Å². The molecule has 2 rings (SSSR count). The molecule has 0 saturated carbocycles. The van der Waals surface area contributed by atoms with Gasteiger partial charge in [-0.3, -0.25) is 9.78 Å². The van der Waals surface area contributed by atoms with Crippen molar-refractivity contribution in [1.82, 2.24) is 9.88 Å². The number of hydrogen-bond donors (Lipinski definition) is 0. The van der Waals surface area contributed by atoms with E-state index in [0.29, 0.717) is 13.0 Å². The Bertz CT molecular complexity index is 435. The molecule has 1 aromatic heterocycles. The molecule has 1 amide bonds. The van der Waals surface area contributed by atoms with Gasteiger partial charge in [0.1, 0.15) is 0 Å². The SMILES string of the molecule is C#CC1CC(=O)N(C(CC)c2cccnc2)C1. The smallest absolute Gasteiger partial charge is 0.224 e. The molecule has 1 saturated heterocycles. The first kappa shape index (κ1) is 11.7. The Hall–Kier alpha value is -1.82. The van der Waals surface area contributed by atoms with Crippen LogP contribution < -0.4 is 0 Å². The molecule has 3 heteroatoms. The molecule has 0 aromatic carbocycles. The Kier molecular flexibility index (Phi) is 3.43. The molecule has 2 atom stereocenters. The van der Waals surface area contributed by atoms with Gasteiger partial charge in [-0.25, -0.2) is 0 Å². The van der Waals surface area contributed by atoms with Crippen LogP contribution in [0, 0.1) is 18.3 Å². The summed E-state index contributed by atoms with van der Waals surface area (Å²) < 4.78 is 0. The molecule has 1 aromatic rings. The second-order valence-corrected chi connectivity index (χ2v) is 4.32. The Morgan fingerprint density at radius 3 is 3.06 bits per heavy atom. The number of carbonyl (C=O) groups is 1. The summed E-state index contributed by atoms with van der Waals surface area (Å²) in [4.78, 5) is 17.9. The summed E-state index contributed by atoms with van der Waals surface area (Å²) in [6.07, 6.45) is 10.3. The van der Waals surface area contributed by atoms with Crippen LogP contribution >= 0.6 is 0 Å². The fraction of sp³-hybridized carbons (Fsp3) is 0.429. The summed E-state index contributed by atoms with van der Waals surface area (Å²) in [6.45, 7) is 2.75. The van der Waals surface area contributed by atoms with Crippen LogP contribution in [-0.4, -0.2) is 22.3 Å². The molecule has 0 radical (unpaired) electrons. The van der Waals surface area contributed by atoms with Crippen molar-refractivity contribution in [3.63, 3.8) is 0 Å². The third-order valence-electron chi connectivity index (χ3n) is 3.23. The van der Waals surface area contributed by atoms with Gasteiger partial charge in [-0.2, -0.15) is 0 Å². The topological polar surface area (TPSA) is 33.2 Å². The minimum atomic E-state index is 0.0632. The zero-order valence-electron chi connectivity index (χ0n) is 9.97. The fourth-order valence-corrected chi connectivity index (χ4v) is 2.35. The normalized spacial score (nSPS) is 21.3. The standard InChI is InChI=1S/C14H16N2O/c1-3-11-8-14(17)16(10-11)13(4-2)12-6-5-7-15-9-12/h1,5-7,9,11,13H,4,8,10H2,2H3. The van der Waals surface area contributed by atoms with E-state index in [4.69, 9.17) is 6.42 Å². The molecule has 2 unspecified atom stereocenters. The maximum Gasteiger partial charge on any atom is 0.224 e. The fourth-order valence-electron chi connectivity index (χ4n) is 2.35. The minimum Gasteiger partial charge on any atom is -0.334 e. The molecular formula is C14H16N2O. The third kappa shape index (κ3) is 2.31. The van der Waals surface area contributed by atoms with Crippen molar-refractivity contribution in [3.8, 4) is 12.3 Å². The number of aromatic nitrogens is 1. The number of rotatable bonds is 3. The lowest BCUT2D eigenvalue weighted by atomic mass is 10.1. The second kappa shape index (κ2) is 5.01. The van der Waals surface area contributed by atoms with Crippen molar-refractivity contribution >= 4 is 5.91 Å². The molecule has 0 N–H and O–H groups in total. The van der Waals surface area contributed by atoms with Gasteiger partial charge < -0.3 is 4.90 Å². The van der Waals surface area contributed by atoms with Gasteiger partial charge in [0.15, 0.2) is 0 Å². The van der Waals surface area contributed by atoms with E-state index in [0.717, 1.165) is 12.0 Å². The van der Waals surface area contributed by atoms with E-state index in [-0.39, 0.29) is 17.9 Å². The first-order chi connectivity index (χ1) is 8.26. The first-order valence-electron chi connectivity index (χ1n) is 5.91. The minimum absolute atomic E-state index is 0.0632. The molecule has 88 valence electrons. The van der Waals surface area contributed by atoms with Gasteiger partial charge in [-0.05, 0) is 18.1 Å². The zero-order chi connectivity index (χ0) is 12.3. The number of carbonyl (C=O) groups excluding carboxylic acids is 1. The maximum absolute atomic E-state index is 11.9. The molecule has 1 fully saturated rings. The van der Waals surface area contributed by atoms with Crippen molar-refractivity contribution in [3.05, 3.63) is 30.1 Å². The maximum atomic E-state index is 11.9. The van der Waals surface area contributed by atoms with Gasteiger partial charge in [0, 0.05) is 31.3 Å². The molecule has 1 aliphatic heterocycles. The molecule has 0 bridgehead atoms. The van der Waals surface area contributed by atoms with E-state index < -0.39 is 0 Å². The van der Waals surface area contributed by atoms with E-state index in [9.17, 15) is 4.79 Å². The molecule has 0 spiro atoms. The predicted octanol–water partition coefficient (Wildman–Crippen LogP) is 2.01. The molecular weight excluding hydrogens is 212 g/mol. The highest BCUT2D eigenvalue weighted by molar-refractivity contribution is 5.79. The number of nitrogens with zero attached hydrogens (tertiary/aromatic N) is 2. The number of hydrogen-bond acceptors (Lipinski definition) is 2. The van der Waals surface area contributed by atoms with Gasteiger partial charge in [0.2, 0.25) is 5.91 Å². The van der Waals surface area contributed by atoms with Crippen LogP contribution in [0.3, 0.4) is 0 Å². The Morgan fingerprint density at radius 2 is 2.53 bits per heavy atom. The number of amides is 1. The van der Waals surface area contributed by atoms with Gasteiger partial charge in [-0.15, -0.1) is 12.3 Å². The van der Waals surface area contributed by atoms with Crippen LogP contribution in [0.2, 0.25) is 0 Å². The zero-order valence-corrected chi connectivity index (χ0v) is 9.97. The molecule has 2 heterocycles. The van der Waals surface area contributed by atoms with Crippen LogP contribution in [0.25, 0.3) is 0 Å². The average molecular weight is 228 g/mol. The summed E-state index contributed by atoms with van der Waals surface area (Å²) >= 11 is 0. The van der Waals surface area contributed by atoms with E-state index in [1.807, 2.05) is 23.2 Å². The Labute approximate surface area is 102 Å². The van der Waals surface area contributed by atoms with Crippen molar-refractivity contribution in [2.45, 2.75) is 25.8 Å². The third-order valence-corrected chi connectivity index (χ3v) is 3.23. The number of terminal acetylenes is 1. The van der Waals surface area contributed by atoms with Crippen LogP contribution in [0.5, 0.6) is 0 Å². The lowest BCUT2D eigenvalue weighted by molar-refractivity contribution is -0.129. The average Bonchev–Trinajstić information content (AvgIpc) is 2.73. The lowest BCUT2D eigenvalue weighted by Crippen LogP contribution is -2.30. The van der Waals surface area contributed by atoms with Crippen molar-refractivity contribution in [2.75, 3.05) is 6.54 Å². The quantitative estimate of drug-likeness (QED) is 0.741. The summed E-state index contributed by atoms with van der Waals surface area (Å²) in [5.41, 5.74) is 1.08. The highest BCUT2D eigenvalue weighted by Gasteiger charge is 2.33. The van der Waals surface area contributed by atoms with Crippen LogP contribution in [0.15, 0.2) is 24.5 Å². The van der Waals surface area contributed by atoms with E-state index in [1.54, 1.807) is 6.20 Å². The van der Waals surface area contributed by atoms with Gasteiger partial charge in [-0.1, -0.05) is 13.0 Å². The Morgan fingerprint density at radius 1 is 1.71 bits per heavy atom. The van der Waals surface area contributed by atoms with Crippen LogP contribution in [-0.2, 0) is 4.79 Å². The second-order valence-electron chi connectivity index (χ2n) is 4.32. The Balaban J connectivity index is 2.21. The highest BCUT2D eigenvalue weighted by Crippen LogP contribution is 2.30. The molecule has 17 heavy (non-hydrogen) atoms. The van der Waals surface area contributed by atoms with E-state index >= 15 is 0 Å². The summed E-state index contributed by atoms with van der Waals surface area (Å²) in [5.74, 6) is 2.90. The lowest BCUT2D eigenvalue weighted by Gasteiger charge is -2.27. The van der Waals surface area contributed by atoms with Crippen molar-refractivity contribution in [1.29, 1.82) is 0 Å². The van der Waals surface area contributed by atoms with Crippen molar-refractivity contribution < 1.29 is 4.79 Å². The molecule has 3 nitrogen and oxygen atoms in total. The highest BCUT2D eigenvalue weighted by atomic mass is 16.2. The summed E-state index contributed by atoms with van der Waals surface area (Å²) in [6, 6.07) is 4.02. The summed E-state index contributed by atoms with van der Waals surface area (Å²) in [5, 5.41) is 0. The number of pyridine rings is 1. The predicted molar refractivity (Wildman–Crippen MR) is 65.9 cm³/mol. The van der Waals surface area contributed by atoms with Gasteiger partial charge in [0.25, 0.3) is 0 Å². The monoisotopic (exact) mass is 228 g/mol. The molecule has 1 aliphatic rings.